The van der Waals surface area contributed by atoms with Gasteiger partial charge in [-0.3, -0.25) is 4.79 Å². The van der Waals surface area contributed by atoms with E-state index in [1.165, 1.54) is 12.8 Å². The molecule has 0 aromatic carbocycles. The Morgan fingerprint density at radius 1 is 1.44 bits per heavy atom. The van der Waals surface area contributed by atoms with Crippen LogP contribution >= 0.6 is 0 Å². The van der Waals surface area contributed by atoms with Gasteiger partial charge in [0.1, 0.15) is 0 Å². The van der Waals surface area contributed by atoms with Crippen molar-refractivity contribution >= 4 is 5.91 Å². The third-order valence-electron chi connectivity index (χ3n) is 3.64. The van der Waals surface area contributed by atoms with Crippen LogP contribution in [0.1, 0.15) is 33.6 Å². The molecule has 0 aliphatic heterocycles. The number of terminal acetylenes is 1. The van der Waals surface area contributed by atoms with Gasteiger partial charge < -0.3 is 10.6 Å². The van der Waals surface area contributed by atoms with Crippen molar-refractivity contribution in [2.24, 2.45) is 11.3 Å². The van der Waals surface area contributed by atoms with E-state index in [2.05, 4.69) is 30.4 Å². The van der Waals surface area contributed by atoms with E-state index in [1.807, 2.05) is 6.92 Å². The van der Waals surface area contributed by atoms with E-state index in [0.29, 0.717) is 17.9 Å². The van der Waals surface area contributed by atoms with Crippen molar-refractivity contribution in [2.75, 3.05) is 13.1 Å². The maximum Gasteiger partial charge on any atom is 0.237 e. The SMILES string of the molecule is C#CCNC(=O)C(C)NCC1(C(C)C)CC1. The van der Waals surface area contributed by atoms with Crippen LogP contribution in [0.4, 0.5) is 0 Å². The van der Waals surface area contributed by atoms with Crippen molar-refractivity contribution < 1.29 is 4.79 Å². The molecule has 90 valence electrons. The minimum absolute atomic E-state index is 0.0162. The van der Waals surface area contributed by atoms with Gasteiger partial charge in [0.2, 0.25) is 5.91 Å². The van der Waals surface area contributed by atoms with Gasteiger partial charge in [-0.2, -0.15) is 0 Å². The molecule has 0 aromatic heterocycles. The average molecular weight is 222 g/mol. The predicted molar refractivity (Wildman–Crippen MR) is 65.8 cm³/mol. The number of hydrogen-bond donors (Lipinski definition) is 2. The fourth-order valence-corrected chi connectivity index (χ4v) is 1.86. The quantitative estimate of drug-likeness (QED) is 0.662. The highest BCUT2D eigenvalue weighted by Gasteiger charge is 2.45. The summed E-state index contributed by atoms with van der Waals surface area (Å²) in [5, 5.41) is 5.98. The fourth-order valence-electron chi connectivity index (χ4n) is 1.86. The first-order valence-electron chi connectivity index (χ1n) is 5.96. The Balaban J connectivity index is 2.27. The molecule has 1 amide bonds. The first-order valence-corrected chi connectivity index (χ1v) is 5.96. The van der Waals surface area contributed by atoms with Crippen LogP contribution in [0.15, 0.2) is 0 Å². The molecule has 16 heavy (non-hydrogen) atoms. The smallest absolute Gasteiger partial charge is 0.237 e. The Morgan fingerprint density at radius 3 is 2.50 bits per heavy atom. The summed E-state index contributed by atoms with van der Waals surface area (Å²) in [5.41, 5.74) is 0.431. The summed E-state index contributed by atoms with van der Waals surface area (Å²) in [6.45, 7) is 7.60. The minimum Gasteiger partial charge on any atom is -0.344 e. The molecule has 0 heterocycles. The second-order valence-electron chi connectivity index (χ2n) is 5.04. The number of carbonyl (C=O) groups excluding carboxylic acids is 1. The van der Waals surface area contributed by atoms with Crippen LogP contribution in [0.5, 0.6) is 0 Å². The molecule has 2 N–H and O–H groups in total. The summed E-state index contributed by atoms with van der Waals surface area (Å²) in [7, 11) is 0. The molecule has 3 nitrogen and oxygen atoms in total. The van der Waals surface area contributed by atoms with E-state index in [9.17, 15) is 4.79 Å². The summed E-state index contributed by atoms with van der Waals surface area (Å²) < 4.78 is 0. The zero-order valence-corrected chi connectivity index (χ0v) is 10.5. The molecule has 1 unspecified atom stereocenters. The zero-order valence-electron chi connectivity index (χ0n) is 10.5. The highest BCUT2D eigenvalue weighted by molar-refractivity contribution is 5.81. The van der Waals surface area contributed by atoms with Crippen LogP contribution in [-0.2, 0) is 4.79 Å². The lowest BCUT2D eigenvalue weighted by Gasteiger charge is -2.22. The van der Waals surface area contributed by atoms with Gasteiger partial charge in [-0.15, -0.1) is 6.42 Å². The molecule has 0 saturated heterocycles. The van der Waals surface area contributed by atoms with Gasteiger partial charge in [0, 0.05) is 6.54 Å². The molecule has 1 aliphatic carbocycles. The highest BCUT2D eigenvalue weighted by atomic mass is 16.2. The van der Waals surface area contributed by atoms with E-state index in [-0.39, 0.29) is 11.9 Å². The summed E-state index contributed by atoms with van der Waals surface area (Å²) >= 11 is 0. The number of hydrogen-bond acceptors (Lipinski definition) is 2. The van der Waals surface area contributed by atoms with E-state index >= 15 is 0 Å². The monoisotopic (exact) mass is 222 g/mol. The summed E-state index contributed by atoms with van der Waals surface area (Å²) in [6, 6.07) is -0.162. The molecule has 0 bridgehead atoms. The number of amides is 1. The molecular formula is C13H22N2O. The summed E-state index contributed by atoms with van der Waals surface area (Å²) in [6.07, 6.45) is 7.63. The van der Waals surface area contributed by atoms with E-state index in [1.54, 1.807) is 0 Å². The van der Waals surface area contributed by atoms with Crippen molar-refractivity contribution in [3.05, 3.63) is 0 Å². The highest BCUT2D eigenvalue weighted by Crippen LogP contribution is 2.51. The first-order chi connectivity index (χ1) is 7.52. The van der Waals surface area contributed by atoms with Crippen LogP contribution in [0.25, 0.3) is 0 Å². The number of nitrogens with one attached hydrogen (secondary N) is 2. The van der Waals surface area contributed by atoms with Crippen LogP contribution in [0.2, 0.25) is 0 Å². The van der Waals surface area contributed by atoms with Crippen LogP contribution in [0.3, 0.4) is 0 Å². The lowest BCUT2D eigenvalue weighted by atomic mass is 9.92. The summed E-state index contributed by atoms with van der Waals surface area (Å²) in [5.74, 6) is 3.06. The van der Waals surface area contributed by atoms with Gasteiger partial charge >= 0.3 is 0 Å². The van der Waals surface area contributed by atoms with E-state index < -0.39 is 0 Å². The minimum atomic E-state index is -0.162. The Morgan fingerprint density at radius 2 is 2.06 bits per heavy atom. The first kappa shape index (κ1) is 13.1. The standard InChI is InChI=1S/C13H22N2O/c1-5-8-14-12(16)11(4)15-9-13(6-7-13)10(2)3/h1,10-11,15H,6-9H2,2-4H3,(H,14,16). The Kier molecular flexibility index (Phi) is 4.37. The van der Waals surface area contributed by atoms with Gasteiger partial charge in [0.25, 0.3) is 0 Å². The molecule has 1 aliphatic rings. The third-order valence-corrected chi connectivity index (χ3v) is 3.64. The van der Waals surface area contributed by atoms with Crippen molar-refractivity contribution in [1.82, 2.24) is 10.6 Å². The molecule has 1 atom stereocenters. The number of rotatable bonds is 6. The number of carbonyl (C=O) groups is 1. The van der Waals surface area contributed by atoms with Crippen LogP contribution in [-0.4, -0.2) is 25.0 Å². The lowest BCUT2D eigenvalue weighted by molar-refractivity contribution is -0.122. The normalized spacial score (nSPS) is 18.9. The Labute approximate surface area is 98.4 Å². The van der Waals surface area contributed by atoms with Gasteiger partial charge in [0.15, 0.2) is 0 Å². The second kappa shape index (κ2) is 5.36. The van der Waals surface area contributed by atoms with Crippen LogP contribution in [0, 0.1) is 23.7 Å². The maximum absolute atomic E-state index is 11.5. The topological polar surface area (TPSA) is 41.1 Å². The Bertz CT molecular complexity index is 287. The van der Waals surface area contributed by atoms with E-state index in [4.69, 9.17) is 6.42 Å². The maximum atomic E-state index is 11.5. The van der Waals surface area contributed by atoms with Gasteiger partial charge in [-0.1, -0.05) is 19.8 Å². The largest absolute Gasteiger partial charge is 0.344 e. The van der Waals surface area contributed by atoms with Crippen molar-refractivity contribution in [1.29, 1.82) is 0 Å². The van der Waals surface area contributed by atoms with E-state index in [0.717, 1.165) is 6.54 Å². The second-order valence-corrected chi connectivity index (χ2v) is 5.04. The van der Waals surface area contributed by atoms with Crippen molar-refractivity contribution in [2.45, 2.75) is 39.7 Å². The van der Waals surface area contributed by atoms with Gasteiger partial charge in [-0.05, 0) is 31.1 Å². The third kappa shape index (κ3) is 3.24. The molecule has 3 heteroatoms. The predicted octanol–water partition coefficient (Wildman–Crippen LogP) is 1.15. The molecule has 0 spiro atoms. The van der Waals surface area contributed by atoms with Crippen LogP contribution < -0.4 is 10.6 Å². The zero-order chi connectivity index (χ0) is 12.2. The average Bonchev–Trinajstić information content (AvgIpc) is 3.03. The molecule has 1 rings (SSSR count). The Hall–Kier alpha value is -1.01. The molecule has 1 fully saturated rings. The molecule has 1 saturated carbocycles. The lowest BCUT2D eigenvalue weighted by Crippen LogP contribution is -2.44. The van der Waals surface area contributed by atoms with Gasteiger partial charge in [0.05, 0.1) is 12.6 Å². The van der Waals surface area contributed by atoms with Crippen molar-refractivity contribution in [3.63, 3.8) is 0 Å². The molecular weight excluding hydrogens is 200 g/mol. The summed E-state index contributed by atoms with van der Waals surface area (Å²) in [4.78, 5) is 11.5. The fraction of sp³-hybridized carbons (Fsp3) is 0.769. The molecule has 0 aromatic rings. The molecule has 0 radical (unpaired) electrons. The van der Waals surface area contributed by atoms with Gasteiger partial charge in [-0.25, -0.2) is 0 Å². The van der Waals surface area contributed by atoms with Crippen molar-refractivity contribution in [3.8, 4) is 12.3 Å².